The van der Waals surface area contributed by atoms with Crippen molar-refractivity contribution in [3.05, 3.63) is 39.8 Å². The van der Waals surface area contributed by atoms with Crippen LogP contribution in [0.4, 0.5) is 5.69 Å². The minimum Gasteiger partial charge on any atom is -0.376 e. The number of aromatic amines is 1. The van der Waals surface area contributed by atoms with Crippen molar-refractivity contribution in [2.24, 2.45) is 0 Å². The number of carbonyl (C=O) groups is 1. The van der Waals surface area contributed by atoms with E-state index in [1.807, 2.05) is 32.0 Å². The van der Waals surface area contributed by atoms with Gasteiger partial charge in [0.25, 0.3) is 0 Å². The lowest BCUT2D eigenvalue weighted by atomic mass is 10.1. The fourth-order valence-electron chi connectivity index (χ4n) is 2.77. The second kappa shape index (κ2) is 7.88. The van der Waals surface area contributed by atoms with Gasteiger partial charge in [0.05, 0.1) is 18.4 Å². The van der Waals surface area contributed by atoms with E-state index in [1.54, 1.807) is 4.57 Å². The Bertz CT molecular complexity index is 808. The first-order valence-electron chi connectivity index (χ1n) is 8.30. The predicted octanol–water partition coefficient (Wildman–Crippen LogP) is 2.10. The van der Waals surface area contributed by atoms with E-state index in [0.717, 1.165) is 36.3 Å². The van der Waals surface area contributed by atoms with E-state index in [9.17, 15) is 9.59 Å². The van der Waals surface area contributed by atoms with Crippen molar-refractivity contribution in [3.8, 4) is 0 Å². The number of hydrogen-bond donors (Lipinski definition) is 2. The number of H-pyrrole nitrogens is 1. The molecule has 0 radical (unpaired) electrons. The first kappa shape index (κ1) is 17.8. The third-order valence-corrected chi connectivity index (χ3v) is 5.32. The molecule has 2 N–H and O–H groups in total. The van der Waals surface area contributed by atoms with Crippen molar-refractivity contribution in [2.45, 2.75) is 44.5 Å². The Morgan fingerprint density at radius 2 is 2.32 bits per heavy atom. The number of anilines is 1. The van der Waals surface area contributed by atoms with Crippen molar-refractivity contribution in [3.63, 3.8) is 0 Å². The molecule has 3 rings (SSSR count). The third-order valence-electron chi connectivity index (χ3n) is 4.34. The largest absolute Gasteiger partial charge is 0.376 e. The highest BCUT2D eigenvalue weighted by Crippen LogP contribution is 2.20. The van der Waals surface area contributed by atoms with Crippen LogP contribution in [-0.4, -0.2) is 39.1 Å². The number of aromatic nitrogens is 3. The number of thioether (sulfide) groups is 1. The zero-order chi connectivity index (χ0) is 17.8. The molecule has 0 bridgehead atoms. The maximum absolute atomic E-state index is 12.2. The summed E-state index contributed by atoms with van der Waals surface area (Å²) in [6, 6.07) is 5.80. The number of benzene rings is 1. The molecule has 0 spiro atoms. The summed E-state index contributed by atoms with van der Waals surface area (Å²) >= 11 is 1.24. The van der Waals surface area contributed by atoms with E-state index in [4.69, 9.17) is 4.74 Å². The highest BCUT2D eigenvalue weighted by atomic mass is 32.2. The zero-order valence-corrected chi connectivity index (χ0v) is 15.2. The highest BCUT2D eigenvalue weighted by molar-refractivity contribution is 7.99. The van der Waals surface area contributed by atoms with Crippen LogP contribution < -0.4 is 11.0 Å². The first-order chi connectivity index (χ1) is 12.0. The van der Waals surface area contributed by atoms with Gasteiger partial charge in [-0.1, -0.05) is 23.9 Å². The summed E-state index contributed by atoms with van der Waals surface area (Å²) < 4.78 is 7.12. The van der Waals surface area contributed by atoms with E-state index in [-0.39, 0.29) is 23.5 Å². The van der Waals surface area contributed by atoms with Gasteiger partial charge in [0, 0.05) is 12.3 Å². The molecule has 7 nitrogen and oxygen atoms in total. The Hall–Kier alpha value is -2.06. The maximum atomic E-state index is 12.2. The topological polar surface area (TPSA) is 89.0 Å². The van der Waals surface area contributed by atoms with Gasteiger partial charge in [-0.3, -0.25) is 9.36 Å². The summed E-state index contributed by atoms with van der Waals surface area (Å²) in [5, 5.41) is 9.89. The molecule has 8 heteroatoms. The molecule has 0 aliphatic carbocycles. The molecule has 2 heterocycles. The molecule has 1 fully saturated rings. The number of rotatable bonds is 6. The molecular formula is C17H22N4O3S. The van der Waals surface area contributed by atoms with Crippen LogP contribution in [0.2, 0.25) is 0 Å². The van der Waals surface area contributed by atoms with Crippen LogP contribution in [0.3, 0.4) is 0 Å². The number of carbonyl (C=O) groups excluding carboxylic acids is 1. The number of nitrogens with zero attached hydrogens (tertiary/aromatic N) is 2. The molecule has 0 saturated carbocycles. The van der Waals surface area contributed by atoms with Crippen LogP contribution in [0.15, 0.2) is 28.2 Å². The molecule has 2 aromatic rings. The molecule has 134 valence electrons. The number of aryl methyl sites for hydroxylation is 1. The Balaban J connectivity index is 1.60. The van der Waals surface area contributed by atoms with Gasteiger partial charge in [0.2, 0.25) is 5.91 Å². The summed E-state index contributed by atoms with van der Waals surface area (Å²) in [6.07, 6.45) is 1.99. The van der Waals surface area contributed by atoms with Gasteiger partial charge in [-0.2, -0.15) is 0 Å². The number of ether oxygens (including phenoxy) is 1. The molecule has 0 unspecified atom stereocenters. The van der Waals surface area contributed by atoms with E-state index >= 15 is 0 Å². The van der Waals surface area contributed by atoms with Crippen LogP contribution in [-0.2, 0) is 16.1 Å². The number of nitrogens with one attached hydrogen (secondary N) is 2. The molecule has 1 amide bonds. The lowest BCUT2D eigenvalue weighted by Gasteiger charge is -2.12. The minimum atomic E-state index is -0.270. The van der Waals surface area contributed by atoms with Crippen LogP contribution >= 0.6 is 11.8 Å². The van der Waals surface area contributed by atoms with Crippen molar-refractivity contribution in [1.82, 2.24) is 14.8 Å². The molecule has 1 aliphatic heterocycles. The quantitative estimate of drug-likeness (QED) is 0.768. The van der Waals surface area contributed by atoms with Gasteiger partial charge in [-0.15, -0.1) is 5.10 Å². The summed E-state index contributed by atoms with van der Waals surface area (Å²) in [4.78, 5) is 24.2. The van der Waals surface area contributed by atoms with Crippen molar-refractivity contribution >= 4 is 23.4 Å². The van der Waals surface area contributed by atoms with Crippen molar-refractivity contribution in [1.29, 1.82) is 0 Å². The smallest absolute Gasteiger partial charge is 0.344 e. The van der Waals surface area contributed by atoms with E-state index in [1.165, 1.54) is 11.8 Å². The lowest BCUT2D eigenvalue weighted by Crippen LogP contribution is -2.25. The molecule has 25 heavy (non-hydrogen) atoms. The summed E-state index contributed by atoms with van der Waals surface area (Å²) in [5.41, 5.74) is 2.72. The molecule has 1 aliphatic rings. The van der Waals surface area contributed by atoms with Crippen LogP contribution in [0.25, 0.3) is 0 Å². The zero-order valence-electron chi connectivity index (χ0n) is 14.4. The Morgan fingerprint density at radius 3 is 3.08 bits per heavy atom. The van der Waals surface area contributed by atoms with Crippen LogP contribution in [0.1, 0.15) is 24.0 Å². The molecule has 1 aromatic heterocycles. The lowest BCUT2D eigenvalue weighted by molar-refractivity contribution is -0.113. The van der Waals surface area contributed by atoms with E-state index in [0.29, 0.717) is 11.7 Å². The minimum absolute atomic E-state index is 0.0402. The SMILES string of the molecule is Cc1cccc(NC(=O)CSc2n[nH]c(=O)n2C[C@H]2CCCO2)c1C. The third kappa shape index (κ3) is 4.32. The Kier molecular flexibility index (Phi) is 5.60. The molecular weight excluding hydrogens is 340 g/mol. The number of hydrogen-bond acceptors (Lipinski definition) is 5. The highest BCUT2D eigenvalue weighted by Gasteiger charge is 2.20. The average molecular weight is 362 g/mol. The second-order valence-corrected chi connectivity index (χ2v) is 7.08. The molecule has 1 atom stereocenters. The van der Waals surface area contributed by atoms with E-state index in [2.05, 4.69) is 15.5 Å². The fraction of sp³-hybridized carbons (Fsp3) is 0.471. The molecule has 1 aromatic carbocycles. The first-order valence-corrected chi connectivity index (χ1v) is 9.29. The maximum Gasteiger partial charge on any atom is 0.344 e. The predicted molar refractivity (Wildman–Crippen MR) is 97.1 cm³/mol. The van der Waals surface area contributed by atoms with Crippen molar-refractivity contribution < 1.29 is 9.53 Å². The fourth-order valence-corrected chi connectivity index (χ4v) is 3.53. The summed E-state index contributed by atoms with van der Waals surface area (Å²) in [6.45, 7) is 5.19. The van der Waals surface area contributed by atoms with Crippen LogP contribution in [0.5, 0.6) is 0 Å². The van der Waals surface area contributed by atoms with Crippen LogP contribution in [0, 0.1) is 13.8 Å². The standard InChI is InChI=1S/C17H22N4O3S/c1-11-5-3-7-14(12(11)2)18-15(22)10-25-17-20-19-16(23)21(17)9-13-6-4-8-24-13/h3,5,7,13H,4,6,8-10H2,1-2H3,(H,18,22)(H,19,23)/t13-/m1/s1. The van der Waals surface area contributed by atoms with Gasteiger partial charge in [-0.05, 0) is 43.9 Å². The van der Waals surface area contributed by atoms with Gasteiger partial charge >= 0.3 is 5.69 Å². The monoisotopic (exact) mass is 362 g/mol. The average Bonchev–Trinajstić information content (AvgIpc) is 3.22. The van der Waals surface area contributed by atoms with Gasteiger partial charge in [-0.25, -0.2) is 9.89 Å². The Morgan fingerprint density at radius 1 is 1.48 bits per heavy atom. The Labute approximate surface area is 150 Å². The van der Waals surface area contributed by atoms with Gasteiger partial charge in [0.1, 0.15) is 0 Å². The molecule has 1 saturated heterocycles. The van der Waals surface area contributed by atoms with E-state index < -0.39 is 0 Å². The van der Waals surface area contributed by atoms with Gasteiger partial charge in [0.15, 0.2) is 5.16 Å². The summed E-state index contributed by atoms with van der Waals surface area (Å²) in [7, 11) is 0. The summed E-state index contributed by atoms with van der Waals surface area (Å²) in [5.74, 6) is 0.0567. The second-order valence-electron chi connectivity index (χ2n) is 6.14. The van der Waals surface area contributed by atoms with Gasteiger partial charge < -0.3 is 10.1 Å². The normalized spacial score (nSPS) is 17.0. The number of amides is 1. The van der Waals surface area contributed by atoms with Crippen molar-refractivity contribution in [2.75, 3.05) is 17.7 Å².